The van der Waals surface area contributed by atoms with Gasteiger partial charge in [0.25, 0.3) is 5.91 Å². The van der Waals surface area contributed by atoms with Crippen LogP contribution in [0.5, 0.6) is 0 Å². The fourth-order valence-electron chi connectivity index (χ4n) is 2.99. The number of benzene rings is 1. The number of amides is 2. The van der Waals surface area contributed by atoms with Gasteiger partial charge in [-0.1, -0.05) is 29.5 Å². The monoisotopic (exact) mass is 370 g/mol. The predicted molar refractivity (Wildman–Crippen MR) is 101 cm³/mol. The van der Waals surface area contributed by atoms with Crippen molar-refractivity contribution in [2.24, 2.45) is 0 Å². The van der Waals surface area contributed by atoms with Crippen LogP contribution in [0.3, 0.4) is 0 Å². The SMILES string of the molecule is CN(C)C(=O)Cn1cc(C(=O)NCc2ccc(CN3CCCC3)cc2)nn1. The molecule has 27 heavy (non-hydrogen) atoms. The van der Waals surface area contributed by atoms with Crippen LogP contribution in [-0.4, -0.2) is 63.8 Å². The van der Waals surface area contributed by atoms with Gasteiger partial charge in [-0.05, 0) is 37.1 Å². The largest absolute Gasteiger partial charge is 0.347 e. The molecule has 8 heteroatoms. The maximum Gasteiger partial charge on any atom is 0.273 e. The van der Waals surface area contributed by atoms with E-state index in [0.717, 1.165) is 12.1 Å². The average molecular weight is 370 g/mol. The summed E-state index contributed by atoms with van der Waals surface area (Å²) in [5.74, 6) is -0.416. The van der Waals surface area contributed by atoms with Crippen LogP contribution in [0.15, 0.2) is 30.5 Å². The maximum atomic E-state index is 12.2. The van der Waals surface area contributed by atoms with Crippen LogP contribution in [-0.2, 0) is 24.4 Å². The Balaban J connectivity index is 1.48. The normalized spacial score (nSPS) is 14.3. The van der Waals surface area contributed by atoms with Crippen molar-refractivity contribution in [3.8, 4) is 0 Å². The third kappa shape index (κ3) is 5.37. The standard InChI is InChI=1S/C19H26N6O2/c1-23(2)18(26)14-25-13-17(21-22-25)19(27)20-11-15-5-7-16(8-6-15)12-24-9-3-4-10-24/h5-8,13H,3-4,9-12,14H2,1-2H3,(H,20,27). The molecule has 0 spiro atoms. The van der Waals surface area contributed by atoms with Crippen molar-refractivity contribution < 1.29 is 9.59 Å². The Morgan fingerprint density at radius 2 is 1.78 bits per heavy atom. The van der Waals surface area contributed by atoms with Crippen LogP contribution in [0.2, 0.25) is 0 Å². The number of likely N-dealkylation sites (tertiary alicyclic amines) is 1. The third-order valence-corrected chi connectivity index (χ3v) is 4.65. The molecule has 0 unspecified atom stereocenters. The Kier molecular flexibility index (Phi) is 6.18. The summed E-state index contributed by atoms with van der Waals surface area (Å²) < 4.78 is 1.37. The zero-order valence-electron chi connectivity index (χ0n) is 15.9. The minimum Gasteiger partial charge on any atom is -0.347 e. The molecule has 0 saturated carbocycles. The van der Waals surface area contributed by atoms with E-state index in [2.05, 4.69) is 32.7 Å². The van der Waals surface area contributed by atoms with Crippen molar-refractivity contribution in [1.82, 2.24) is 30.1 Å². The number of carbonyl (C=O) groups excluding carboxylic acids is 2. The molecule has 2 heterocycles. The van der Waals surface area contributed by atoms with Crippen molar-refractivity contribution in [3.05, 3.63) is 47.3 Å². The first-order chi connectivity index (χ1) is 13.0. The predicted octanol–water partition coefficient (Wildman–Crippen LogP) is 0.892. The molecule has 1 saturated heterocycles. The van der Waals surface area contributed by atoms with Crippen LogP contribution >= 0.6 is 0 Å². The third-order valence-electron chi connectivity index (χ3n) is 4.65. The van der Waals surface area contributed by atoms with E-state index in [4.69, 9.17) is 0 Å². The van der Waals surface area contributed by atoms with Gasteiger partial charge in [0.2, 0.25) is 5.91 Å². The molecule has 1 aromatic heterocycles. The Labute approximate surface area is 159 Å². The molecule has 1 aromatic carbocycles. The second-order valence-corrected chi connectivity index (χ2v) is 7.07. The van der Waals surface area contributed by atoms with Gasteiger partial charge in [-0.25, -0.2) is 4.68 Å². The van der Waals surface area contributed by atoms with Gasteiger partial charge in [-0.2, -0.15) is 0 Å². The number of rotatable bonds is 7. The van der Waals surface area contributed by atoms with Crippen LogP contribution in [0.1, 0.15) is 34.5 Å². The molecule has 0 bridgehead atoms. The molecule has 2 aromatic rings. The molecular formula is C19H26N6O2. The molecule has 1 N–H and O–H groups in total. The highest BCUT2D eigenvalue weighted by Crippen LogP contribution is 2.13. The number of hydrogen-bond donors (Lipinski definition) is 1. The number of nitrogens with one attached hydrogen (secondary N) is 1. The summed E-state index contributed by atoms with van der Waals surface area (Å²) in [6, 6.07) is 8.31. The van der Waals surface area contributed by atoms with Gasteiger partial charge in [-0.3, -0.25) is 14.5 Å². The summed E-state index contributed by atoms with van der Waals surface area (Å²) >= 11 is 0. The summed E-state index contributed by atoms with van der Waals surface area (Å²) in [5, 5.41) is 10.5. The van der Waals surface area contributed by atoms with E-state index >= 15 is 0 Å². The number of nitrogens with zero attached hydrogens (tertiary/aromatic N) is 5. The smallest absolute Gasteiger partial charge is 0.273 e. The highest BCUT2D eigenvalue weighted by molar-refractivity contribution is 5.91. The summed E-state index contributed by atoms with van der Waals surface area (Å²) in [6.07, 6.45) is 4.06. The summed E-state index contributed by atoms with van der Waals surface area (Å²) in [6.45, 7) is 3.83. The summed E-state index contributed by atoms with van der Waals surface area (Å²) in [4.78, 5) is 27.8. The fourth-order valence-corrected chi connectivity index (χ4v) is 2.99. The van der Waals surface area contributed by atoms with E-state index in [-0.39, 0.29) is 24.1 Å². The summed E-state index contributed by atoms with van der Waals surface area (Å²) in [7, 11) is 3.34. The first-order valence-electron chi connectivity index (χ1n) is 9.20. The van der Waals surface area contributed by atoms with Gasteiger partial charge in [0.1, 0.15) is 6.54 Å². The zero-order valence-corrected chi connectivity index (χ0v) is 15.9. The number of aromatic nitrogens is 3. The molecule has 0 atom stereocenters. The topological polar surface area (TPSA) is 83.4 Å². The first kappa shape index (κ1) is 19.0. The molecule has 0 radical (unpaired) electrons. The molecular weight excluding hydrogens is 344 g/mol. The molecule has 144 valence electrons. The lowest BCUT2D eigenvalue weighted by molar-refractivity contribution is -0.129. The lowest BCUT2D eigenvalue weighted by Gasteiger charge is -2.14. The Bertz CT molecular complexity index is 778. The van der Waals surface area contributed by atoms with Gasteiger partial charge < -0.3 is 10.2 Å². The van der Waals surface area contributed by atoms with Gasteiger partial charge in [0, 0.05) is 27.2 Å². The molecule has 1 aliphatic heterocycles. The Morgan fingerprint density at radius 1 is 1.11 bits per heavy atom. The van der Waals surface area contributed by atoms with E-state index in [1.54, 1.807) is 14.1 Å². The molecule has 1 fully saturated rings. The van der Waals surface area contributed by atoms with Crippen molar-refractivity contribution >= 4 is 11.8 Å². The van der Waals surface area contributed by atoms with Crippen molar-refractivity contribution in [1.29, 1.82) is 0 Å². The first-order valence-corrected chi connectivity index (χ1v) is 9.20. The number of likely N-dealkylation sites (N-methyl/N-ethyl adjacent to an activating group) is 1. The highest BCUT2D eigenvalue weighted by Gasteiger charge is 2.14. The maximum absolute atomic E-state index is 12.2. The van der Waals surface area contributed by atoms with Gasteiger partial charge in [0.15, 0.2) is 5.69 Å². The van der Waals surface area contributed by atoms with Crippen LogP contribution in [0, 0.1) is 0 Å². The Morgan fingerprint density at radius 3 is 2.44 bits per heavy atom. The zero-order chi connectivity index (χ0) is 19.2. The van der Waals surface area contributed by atoms with E-state index in [1.807, 2.05) is 12.1 Å². The molecule has 3 rings (SSSR count). The lowest BCUT2D eigenvalue weighted by atomic mass is 10.1. The second-order valence-electron chi connectivity index (χ2n) is 7.07. The van der Waals surface area contributed by atoms with Crippen molar-refractivity contribution in [2.75, 3.05) is 27.2 Å². The van der Waals surface area contributed by atoms with E-state index in [0.29, 0.717) is 6.54 Å². The quantitative estimate of drug-likeness (QED) is 0.783. The van der Waals surface area contributed by atoms with Crippen LogP contribution < -0.4 is 5.32 Å². The van der Waals surface area contributed by atoms with E-state index < -0.39 is 0 Å². The van der Waals surface area contributed by atoms with E-state index in [1.165, 1.54) is 47.3 Å². The minimum atomic E-state index is -0.306. The fraction of sp³-hybridized carbons (Fsp3) is 0.474. The van der Waals surface area contributed by atoms with Crippen LogP contribution in [0.25, 0.3) is 0 Å². The second kappa shape index (κ2) is 8.77. The molecule has 0 aliphatic carbocycles. The van der Waals surface area contributed by atoms with Crippen molar-refractivity contribution in [3.63, 3.8) is 0 Å². The molecule has 2 amide bonds. The number of hydrogen-bond acceptors (Lipinski definition) is 5. The Hall–Kier alpha value is -2.74. The molecule has 8 nitrogen and oxygen atoms in total. The van der Waals surface area contributed by atoms with Crippen LogP contribution in [0.4, 0.5) is 0 Å². The lowest BCUT2D eigenvalue weighted by Crippen LogP contribution is -2.26. The minimum absolute atomic E-state index is 0.0613. The van der Waals surface area contributed by atoms with Crippen molar-refractivity contribution in [2.45, 2.75) is 32.5 Å². The van der Waals surface area contributed by atoms with Gasteiger partial charge in [-0.15, -0.1) is 5.10 Å². The van der Waals surface area contributed by atoms with Gasteiger partial charge in [0.05, 0.1) is 6.20 Å². The highest BCUT2D eigenvalue weighted by atomic mass is 16.2. The number of carbonyl (C=O) groups is 2. The molecule has 1 aliphatic rings. The van der Waals surface area contributed by atoms with E-state index in [9.17, 15) is 9.59 Å². The summed E-state index contributed by atoms with van der Waals surface area (Å²) in [5.41, 5.74) is 2.52. The van der Waals surface area contributed by atoms with Gasteiger partial charge >= 0.3 is 0 Å². The average Bonchev–Trinajstić information content (AvgIpc) is 3.33.